The highest BCUT2D eigenvalue weighted by molar-refractivity contribution is 5.69. The van der Waals surface area contributed by atoms with Crippen LogP contribution in [0.4, 0.5) is 5.69 Å². The molecular weight excluding hydrogens is 362 g/mol. The zero-order chi connectivity index (χ0) is 20.8. The molecule has 0 aromatic heterocycles. The van der Waals surface area contributed by atoms with E-state index >= 15 is 0 Å². The largest absolute Gasteiger partial charge is 0.466 e. The molecule has 0 aliphatic heterocycles. The summed E-state index contributed by atoms with van der Waals surface area (Å²) in [5, 5.41) is 11.1. The minimum Gasteiger partial charge on any atom is -0.466 e. The first kappa shape index (κ1) is 23.6. The van der Waals surface area contributed by atoms with Crippen molar-refractivity contribution in [3.63, 3.8) is 0 Å². The van der Waals surface area contributed by atoms with Gasteiger partial charge in [0.2, 0.25) is 0 Å². The van der Waals surface area contributed by atoms with Gasteiger partial charge in [0.25, 0.3) is 5.69 Å². The van der Waals surface area contributed by atoms with Crippen LogP contribution in [0.2, 0.25) is 0 Å². The summed E-state index contributed by atoms with van der Waals surface area (Å²) in [6, 6.07) is 4.99. The van der Waals surface area contributed by atoms with Crippen LogP contribution in [0.3, 0.4) is 0 Å². The SMILES string of the molecule is CCCOC(=O)CCCCCCCCC(=O)OCc1cccc(C)c1[N+](=O)[O-]. The number of para-hydroxylation sites is 1. The van der Waals surface area contributed by atoms with Crippen molar-refractivity contribution in [2.75, 3.05) is 6.61 Å². The molecule has 0 unspecified atom stereocenters. The molecule has 0 heterocycles. The number of nitro groups is 1. The van der Waals surface area contributed by atoms with E-state index in [1.165, 1.54) is 0 Å². The maximum Gasteiger partial charge on any atom is 0.306 e. The van der Waals surface area contributed by atoms with Crippen molar-refractivity contribution < 1.29 is 24.0 Å². The summed E-state index contributed by atoms with van der Waals surface area (Å²) in [7, 11) is 0. The summed E-state index contributed by atoms with van der Waals surface area (Å²) >= 11 is 0. The number of hydrogen-bond acceptors (Lipinski definition) is 6. The first-order valence-electron chi connectivity index (χ1n) is 9.99. The topological polar surface area (TPSA) is 95.7 Å². The molecule has 0 spiro atoms. The van der Waals surface area contributed by atoms with Crippen LogP contribution in [0.1, 0.15) is 75.8 Å². The Morgan fingerprint density at radius 2 is 1.54 bits per heavy atom. The first-order valence-corrected chi connectivity index (χ1v) is 9.99. The van der Waals surface area contributed by atoms with Gasteiger partial charge in [0, 0.05) is 18.4 Å². The zero-order valence-electron chi connectivity index (χ0n) is 16.9. The molecule has 0 aliphatic carbocycles. The Kier molecular flexibility index (Phi) is 11.5. The number of rotatable bonds is 14. The van der Waals surface area contributed by atoms with Crippen LogP contribution in [-0.4, -0.2) is 23.5 Å². The minimum absolute atomic E-state index is 0.00822. The number of benzene rings is 1. The van der Waals surface area contributed by atoms with Gasteiger partial charge in [-0.2, -0.15) is 0 Å². The lowest BCUT2D eigenvalue weighted by atomic mass is 10.1. The number of carbonyl (C=O) groups is 2. The van der Waals surface area contributed by atoms with Crippen molar-refractivity contribution in [1.29, 1.82) is 0 Å². The Morgan fingerprint density at radius 3 is 2.11 bits per heavy atom. The minimum atomic E-state index is -0.442. The lowest BCUT2D eigenvalue weighted by Gasteiger charge is -2.07. The molecule has 0 radical (unpaired) electrons. The summed E-state index contributed by atoms with van der Waals surface area (Å²) in [6.07, 6.45) is 7.10. The Balaban J connectivity index is 2.11. The fraction of sp³-hybridized carbons (Fsp3) is 0.619. The molecule has 0 N–H and O–H groups in total. The molecule has 7 nitrogen and oxygen atoms in total. The van der Waals surface area contributed by atoms with Crippen molar-refractivity contribution in [1.82, 2.24) is 0 Å². The van der Waals surface area contributed by atoms with E-state index in [1.807, 2.05) is 6.92 Å². The number of carbonyl (C=O) groups excluding carboxylic acids is 2. The first-order chi connectivity index (χ1) is 13.5. The molecular formula is C21H31NO6. The Morgan fingerprint density at radius 1 is 0.964 bits per heavy atom. The van der Waals surface area contributed by atoms with E-state index in [0.717, 1.165) is 44.9 Å². The van der Waals surface area contributed by atoms with E-state index in [9.17, 15) is 19.7 Å². The smallest absolute Gasteiger partial charge is 0.306 e. The fourth-order valence-corrected chi connectivity index (χ4v) is 2.86. The molecule has 7 heteroatoms. The van der Waals surface area contributed by atoms with Gasteiger partial charge in [-0.05, 0) is 32.3 Å². The average Bonchev–Trinajstić information content (AvgIpc) is 2.66. The second-order valence-corrected chi connectivity index (χ2v) is 6.84. The summed E-state index contributed by atoms with van der Waals surface area (Å²) in [5.41, 5.74) is 0.974. The van der Waals surface area contributed by atoms with Gasteiger partial charge in [0.15, 0.2) is 0 Å². The lowest BCUT2D eigenvalue weighted by molar-refractivity contribution is -0.386. The normalized spacial score (nSPS) is 10.5. The van der Waals surface area contributed by atoms with Crippen LogP contribution >= 0.6 is 0 Å². The molecule has 1 rings (SSSR count). The van der Waals surface area contributed by atoms with E-state index in [2.05, 4.69) is 0 Å². The van der Waals surface area contributed by atoms with Gasteiger partial charge in [-0.25, -0.2) is 0 Å². The molecule has 0 amide bonds. The van der Waals surface area contributed by atoms with Crippen molar-refractivity contribution in [2.24, 2.45) is 0 Å². The van der Waals surface area contributed by atoms with E-state index in [4.69, 9.17) is 9.47 Å². The number of unbranched alkanes of at least 4 members (excludes halogenated alkanes) is 5. The second kappa shape index (κ2) is 13.7. The standard InChI is InChI=1S/C21H31NO6/c1-3-15-27-19(23)13-8-6-4-5-7-9-14-20(24)28-16-18-12-10-11-17(2)21(18)22(25)26/h10-12H,3-9,13-16H2,1-2H3. The van der Waals surface area contributed by atoms with Gasteiger partial charge < -0.3 is 9.47 Å². The summed E-state index contributed by atoms with van der Waals surface area (Å²) in [5.74, 6) is -0.465. The molecule has 1 aromatic rings. The van der Waals surface area contributed by atoms with Crippen LogP contribution in [0.5, 0.6) is 0 Å². The van der Waals surface area contributed by atoms with Crippen molar-refractivity contribution in [3.05, 3.63) is 39.4 Å². The second-order valence-electron chi connectivity index (χ2n) is 6.84. The zero-order valence-corrected chi connectivity index (χ0v) is 16.9. The van der Waals surface area contributed by atoms with Gasteiger partial charge in [0.1, 0.15) is 6.61 Å². The average molecular weight is 393 g/mol. The molecule has 0 saturated carbocycles. The van der Waals surface area contributed by atoms with Crippen LogP contribution in [0.15, 0.2) is 18.2 Å². The Labute approximate surface area is 166 Å². The van der Waals surface area contributed by atoms with Crippen LogP contribution in [-0.2, 0) is 25.7 Å². The molecule has 0 fully saturated rings. The van der Waals surface area contributed by atoms with Gasteiger partial charge in [-0.3, -0.25) is 19.7 Å². The van der Waals surface area contributed by atoms with Gasteiger partial charge in [-0.1, -0.05) is 44.7 Å². The van der Waals surface area contributed by atoms with Crippen LogP contribution in [0, 0.1) is 17.0 Å². The summed E-state index contributed by atoms with van der Waals surface area (Å²) < 4.78 is 10.2. The third kappa shape index (κ3) is 9.48. The molecule has 1 aromatic carbocycles. The highest BCUT2D eigenvalue weighted by Crippen LogP contribution is 2.23. The van der Waals surface area contributed by atoms with Crippen LogP contribution < -0.4 is 0 Å². The number of ether oxygens (including phenoxy) is 2. The molecule has 28 heavy (non-hydrogen) atoms. The molecule has 0 aliphatic rings. The maximum absolute atomic E-state index is 11.8. The number of nitrogens with zero attached hydrogens (tertiary/aromatic N) is 1. The predicted molar refractivity (Wildman–Crippen MR) is 106 cm³/mol. The van der Waals surface area contributed by atoms with Crippen molar-refractivity contribution in [3.8, 4) is 0 Å². The van der Waals surface area contributed by atoms with E-state index < -0.39 is 4.92 Å². The number of aryl methyl sites for hydroxylation is 1. The molecule has 0 atom stereocenters. The Bertz CT molecular complexity index is 644. The van der Waals surface area contributed by atoms with Gasteiger partial charge in [-0.15, -0.1) is 0 Å². The quantitative estimate of drug-likeness (QED) is 0.191. The fourth-order valence-electron chi connectivity index (χ4n) is 2.86. The maximum atomic E-state index is 11.8. The number of nitro benzene ring substituents is 1. The third-order valence-corrected chi connectivity index (χ3v) is 4.37. The van der Waals surface area contributed by atoms with Crippen molar-refractivity contribution >= 4 is 17.6 Å². The van der Waals surface area contributed by atoms with Gasteiger partial charge in [0.05, 0.1) is 17.1 Å². The Hall–Kier alpha value is -2.44. The highest BCUT2D eigenvalue weighted by Gasteiger charge is 2.17. The summed E-state index contributed by atoms with van der Waals surface area (Å²) in [4.78, 5) is 33.9. The molecule has 0 bridgehead atoms. The molecule has 0 saturated heterocycles. The number of hydrogen-bond donors (Lipinski definition) is 0. The highest BCUT2D eigenvalue weighted by atomic mass is 16.6. The van der Waals surface area contributed by atoms with E-state index in [0.29, 0.717) is 30.6 Å². The van der Waals surface area contributed by atoms with Crippen molar-refractivity contribution in [2.45, 2.75) is 78.2 Å². The van der Waals surface area contributed by atoms with Gasteiger partial charge >= 0.3 is 11.9 Å². The summed E-state index contributed by atoms with van der Waals surface area (Å²) in [6.45, 7) is 4.05. The number of esters is 2. The third-order valence-electron chi connectivity index (χ3n) is 4.37. The van der Waals surface area contributed by atoms with E-state index in [1.54, 1.807) is 25.1 Å². The van der Waals surface area contributed by atoms with Crippen LogP contribution in [0.25, 0.3) is 0 Å². The molecule has 156 valence electrons. The predicted octanol–water partition coefficient (Wildman–Crippen LogP) is 5.02. The van der Waals surface area contributed by atoms with E-state index in [-0.39, 0.29) is 24.2 Å². The monoisotopic (exact) mass is 393 g/mol. The lowest BCUT2D eigenvalue weighted by Crippen LogP contribution is -2.06.